The minimum atomic E-state index is -0.712. The van der Waals surface area contributed by atoms with Gasteiger partial charge in [-0.25, -0.2) is 4.39 Å². The Balaban J connectivity index is 0.00000289. The van der Waals surface area contributed by atoms with Crippen LogP contribution in [0.4, 0.5) is 4.39 Å². The molecule has 0 amide bonds. The number of nitrogens with two attached hydrogens (primary N) is 1. The summed E-state index contributed by atoms with van der Waals surface area (Å²) in [5.74, 6) is 0.173. The molecule has 1 unspecified atom stereocenters. The largest absolute Gasteiger partial charge is 0.496 e. The molecular formula is C13H21ClFNO2. The molecule has 1 rings (SSSR count). The highest BCUT2D eigenvalue weighted by molar-refractivity contribution is 5.85. The number of halogens is 2. The lowest BCUT2D eigenvalue weighted by Crippen LogP contribution is -2.31. The number of aliphatic hydroxyl groups is 1. The summed E-state index contributed by atoms with van der Waals surface area (Å²) in [6.45, 7) is 3.89. The number of methoxy groups -OCH3 is 1. The Morgan fingerprint density at radius 2 is 2.06 bits per heavy atom. The minimum absolute atomic E-state index is 0. The van der Waals surface area contributed by atoms with Gasteiger partial charge in [-0.05, 0) is 24.1 Å². The van der Waals surface area contributed by atoms with E-state index in [1.807, 2.05) is 13.8 Å². The molecule has 0 aliphatic rings. The Labute approximate surface area is 114 Å². The van der Waals surface area contributed by atoms with E-state index >= 15 is 0 Å². The maximum absolute atomic E-state index is 13.2. The van der Waals surface area contributed by atoms with Crippen LogP contribution in [0.3, 0.4) is 0 Å². The maximum atomic E-state index is 13.2. The first-order valence-electron chi connectivity index (χ1n) is 5.78. The van der Waals surface area contributed by atoms with Gasteiger partial charge in [0.2, 0.25) is 0 Å². The monoisotopic (exact) mass is 277 g/mol. The van der Waals surface area contributed by atoms with Crippen LogP contribution in [-0.2, 0) is 0 Å². The molecule has 0 saturated carbocycles. The summed E-state index contributed by atoms with van der Waals surface area (Å²) in [6, 6.07) is 3.50. The molecule has 0 bridgehead atoms. The zero-order chi connectivity index (χ0) is 13.0. The Morgan fingerprint density at radius 3 is 2.56 bits per heavy atom. The fourth-order valence-corrected chi connectivity index (χ4v) is 1.75. The molecule has 3 N–H and O–H groups in total. The lowest BCUT2D eigenvalue weighted by atomic mass is 9.91. The molecule has 0 saturated heterocycles. The minimum Gasteiger partial charge on any atom is -0.496 e. The number of hydrogen-bond acceptors (Lipinski definition) is 3. The van der Waals surface area contributed by atoms with E-state index in [1.54, 1.807) is 0 Å². The van der Waals surface area contributed by atoms with Gasteiger partial charge in [-0.3, -0.25) is 0 Å². The van der Waals surface area contributed by atoms with Crippen molar-refractivity contribution in [1.29, 1.82) is 0 Å². The summed E-state index contributed by atoms with van der Waals surface area (Å²) in [5, 5.41) is 10.0. The van der Waals surface area contributed by atoms with Crippen molar-refractivity contribution in [1.82, 2.24) is 0 Å². The lowest BCUT2D eigenvalue weighted by Gasteiger charge is -2.25. The van der Waals surface area contributed by atoms with Gasteiger partial charge in [0.05, 0.1) is 19.3 Å². The van der Waals surface area contributed by atoms with Crippen molar-refractivity contribution in [2.24, 2.45) is 11.7 Å². The highest BCUT2D eigenvalue weighted by Gasteiger charge is 2.24. The molecular weight excluding hydrogens is 257 g/mol. The molecule has 0 radical (unpaired) electrons. The molecule has 1 aromatic rings. The third-order valence-corrected chi connectivity index (χ3v) is 3.15. The van der Waals surface area contributed by atoms with Crippen LogP contribution in [-0.4, -0.2) is 18.3 Å². The molecule has 0 aliphatic carbocycles. The van der Waals surface area contributed by atoms with Gasteiger partial charge in [-0.2, -0.15) is 0 Å². The molecule has 0 fully saturated rings. The molecule has 0 aliphatic heterocycles. The molecule has 3 nitrogen and oxygen atoms in total. The fraction of sp³-hybridized carbons (Fsp3) is 0.538. The van der Waals surface area contributed by atoms with Gasteiger partial charge >= 0.3 is 0 Å². The van der Waals surface area contributed by atoms with Gasteiger partial charge in [-0.1, -0.05) is 20.3 Å². The first-order chi connectivity index (χ1) is 8.01. The van der Waals surface area contributed by atoms with Crippen LogP contribution in [0, 0.1) is 11.7 Å². The van der Waals surface area contributed by atoms with Gasteiger partial charge in [0, 0.05) is 5.56 Å². The zero-order valence-corrected chi connectivity index (χ0v) is 11.7. The molecule has 1 aromatic carbocycles. The van der Waals surface area contributed by atoms with Crippen molar-refractivity contribution in [3.05, 3.63) is 29.6 Å². The summed E-state index contributed by atoms with van der Waals surface area (Å²) in [5.41, 5.74) is 6.46. The molecule has 3 atom stereocenters. The van der Waals surface area contributed by atoms with Gasteiger partial charge < -0.3 is 15.6 Å². The fourth-order valence-electron chi connectivity index (χ4n) is 1.75. The van der Waals surface area contributed by atoms with Crippen LogP contribution in [0.2, 0.25) is 0 Å². The number of rotatable bonds is 5. The highest BCUT2D eigenvalue weighted by atomic mass is 35.5. The molecule has 5 heteroatoms. The van der Waals surface area contributed by atoms with Crippen LogP contribution < -0.4 is 10.5 Å². The standard InChI is InChI=1S/C13H20FNO2.ClH/c1-4-8(2)13(16)12(15)10-7-9(14)5-6-11(10)17-3;/h5-8,12-13,16H,4,15H2,1-3H3;1H/t8?,12-,13+;/m1./s1. The van der Waals surface area contributed by atoms with E-state index in [2.05, 4.69) is 0 Å². The van der Waals surface area contributed by atoms with Gasteiger partial charge in [0.15, 0.2) is 0 Å². The Bertz CT molecular complexity index is 376. The highest BCUT2D eigenvalue weighted by Crippen LogP contribution is 2.29. The predicted molar refractivity (Wildman–Crippen MR) is 72.6 cm³/mol. The quantitative estimate of drug-likeness (QED) is 0.870. The Hall–Kier alpha value is -0.840. The second-order valence-electron chi connectivity index (χ2n) is 4.29. The predicted octanol–water partition coefficient (Wildman–Crippen LogP) is 2.66. The second-order valence-corrected chi connectivity index (χ2v) is 4.29. The van der Waals surface area contributed by atoms with E-state index in [4.69, 9.17) is 10.5 Å². The molecule has 18 heavy (non-hydrogen) atoms. The average Bonchev–Trinajstić information content (AvgIpc) is 2.35. The zero-order valence-electron chi connectivity index (χ0n) is 10.9. The summed E-state index contributed by atoms with van der Waals surface area (Å²) in [6.07, 6.45) is 0.0997. The summed E-state index contributed by atoms with van der Waals surface area (Å²) >= 11 is 0. The normalized spacial score (nSPS) is 15.4. The lowest BCUT2D eigenvalue weighted by molar-refractivity contribution is 0.0869. The van der Waals surface area contributed by atoms with E-state index in [9.17, 15) is 9.50 Å². The smallest absolute Gasteiger partial charge is 0.123 e. The first-order valence-corrected chi connectivity index (χ1v) is 5.78. The van der Waals surface area contributed by atoms with E-state index in [0.29, 0.717) is 11.3 Å². The van der Waals surface area contributed by atoms with Crippen LogP contribution in [0.1, 0.15) is 31.9 Å². The first kappa shape index (κ1) is 17.2. The van der Waals surface area contributed by atoms with Gasteiger partial charge in [0.25, 0.3) is 0 Å². The van der Waals surface area contributed by atoms with Gasteiger partial charge in [0.1, 0.15) is 11.6 Å². The van der Waals surface area contributed by atoms with E-state index in [0.717, 1.165) is 6.42 Å². The van der Waals surface area contributed by atoms with Crippen molar-refractivity contribution in [3.8, 4) is 5.75 Å². The van der Waals surface area contributed by atoms with Crippen molar-refractivity contribution >= 4 is 12.4 Å². The SMILES string of the molecule is CCC(C)[C@H](O)[C@H](N)c1cc(F)ccc1OC.Cl. The van der Waals surface area contributed by atoms with E-state index in [1.165, 1.54) is 25.3 Å². The molecule has 0 aromatic heterocycles. The molecule has 104 valence electrons. The number of ether oxygens (including phenoxy) is 1. The summed E-state index contributed by atoms with van der Waals surface area (Å²) in [7, 11) is 1.50. The van der Waals surface area contributed by atoms with Crippen LogP contribution in [0.25, 0.3) is 0 Å². The summed E-state index contributed by atoms with van der Waals surface area (Å²) in [4.78, 5) is 0. The third-order valence-electron chi connectivity index (χ3n) is 3.15. The third kappa shape index (κ3) is 3.83. The van der Waals surface area contributed by atoms with Crippen molar-refractivity contribution in [2.45, 2.75) is 32.4 Å². The average molecular weight is 278 g/mol. The Morgan fingerprint density at radius 1 is 1.44 bits per heavy atom. The van der Waals surface area contributed by atoms with Crippen molar-refractivity contribution < 1.29 is 14.2 Å². The number of aliphatic hydroxyl groups excluding tert-OH is 1. The van der Waals surface area contributed by atoms with Crippen LogP contribution >= 0.6 is 12.4 Å². The molecule has 0 heterocycles. The van der Waals surface area contributed by atoms with Crippen molar-refractivity contribution in [3.63, 3.8) is 0 Å². The Kier molecular flexibility index (Phi) is 7.21. The maximum Gasteiger partial charge on any atom is 0.123 e. The van der Waals surface area contributed by atoms with Crippen molar-refractivity contribution in [2.75, 3.05) is 7.11 Å². The number of benzene rings is 1. The van der Waals surface area contributed by atoms with E-state index in [-0.39, 0.29) is 24.1 Å². The second kappa shape index (κ2) is 7.56. The van der Waals surface area contributed by atoms with Gasteiger partial charge in [-0.15, -0.1) is 12.4 Å². The topological polar surface area (TPSA) is 55.5 Å². The summed E-state index contributed by atoms with van der Waals surface area (Å²) < 4.78 is 18.3. The van der Waals surface area contributed by atoms with Crippen LogP contribution in [0.5, 0.6) is 5.75 Å². The van der Waals surface area contributed by atoms with Crippen LogP contribution in [0.15, 0.2) is 18.2 Å². The number of hydrogen-bond donors (Lipinski definition) is 2. The van der Waals surface area contributed by atoms with E-state index < -0.39 is 12.1 Å². The molecule has 0 spiro atoms.